The summed E-state index contributed by atoms with van der Waals surface area (Å²) in [6, 6.07) is 7.50. The van der Waals surface area contributed by atoms with Crippen molar-refractivity contribution in [1.82, 2.24) is 4.98 Å². The van der Waals surface area contributed by atoms with Crippen LogP contribution in [0.2, 0.25) is 0 Å². The zero-order chi connectivity index (χ0) is 17.4. The Kier molecular flexibility index (Phi) is 6.20. The maximum atomic E-state index is 8.95. The molecule has 2 aromatic rings. The number of anilines is 1. The summed E-state index contributed by atoms with van der Waals surface area (Å²) in [7, 11) is 0. The van der Waals surface area contributed by atoms with Gasteiger partial charge in [0, 0.05) is 6.92 Å². The molecule has 1 N–H and O–H groups in total. The van der Waals surface area contributed by atoms with Crippen LogP contribution in [0.25, 0.3) is 0 Å². The number of nitriles is 1. The second kappa shape index (κ2) is 8.58. The molecule has 0 radical (unpaired) electrons. The van der Waals surface area contributed by atoms with Crippen molar-refractivity contribution in [1.29, 1.82) is 5.26 Å². The van der Waals surface area contributed by atoms with Gasteiger partial charge in [-0.05, 0) is 37.1 Å². The number of nitrogens with one attached hydrogen (secondary N) is 1. The van der Waals surface area contributed by atoms with Crippen molar-refractivity contribution in [2.24, 2.45) is 5.10 Å². The number of oxazole rings is 1. The minimum Gasteiger partial charge on any atom is -0.490 e. The monoisotopic (exact) mass is 328 g/mol. The second-order valence-corrected chi connectivity index (χ2v) is 4.88. The largest absolute Gasteiger partial charge is 0.490 e. The van der Waals surface area contributed by atoms with Crippen LogP contribution in [0, 0.1) is 18.3 Å². The molecule has 7 nitrogen and oxygen atoms in total. The molecule has 7 heteroatoms. The van der Waals surface area contributed by atoms with Crippen LogP contribution in [0.4, 0.5) is 5.88 Å². The van der Waals surface area contributed by atoms with Crippen LogP contribution in [0.15, 0.2) is 27.7 Å². The van der Waals surface area contributed by atoms with Crippen molar-refractivity contribution in [3.63, 3.8) is 0 Å². The first-order chi connectivity index (χ1) is 11.7. The maximum Gasteiger partial charge on any atom is 0.252 e. The first kappa shape index (κ1) is 17.3. The van der Waals surface area contributed by atoms with Crippen molar-refractivity contribution in [3.05, 3.63) is 35.3 Å². The lowest BCUT2D eigenvalue weighted by molar-refractivity contribution is 0.277. The van der Waals surface area contributed by atoms with Gasteiger partial charge in [0.1, 0.15) is 6.07 Å². The first-order valence-corrected chi connectivity index (χ1v) is 7.74. The molecule has 0 amide bonds. The molecule has 1 heterocycles. The van der Waals surface area contributed by atoms with Crippen molar-refractivity contribution in [2.45, 2.75) is 27.2 Å². The fourth-order valence-electron chi connectivity index (χ4n) is 1.95. The molecular formula is C17H20N4O3. The minimum atomic E-state index is 0.169. The number of hydrogen-bond acceptors (Lipinski definition) is 7. The lowest BCUT2D eigenvalue weighted by atomic mass is 10.2. The lowest BCUT2D eigenvalue weighted by Crippen LogP contribution is -2.01. The third kappa shape index (κ3) is 4.49. The van der Waals surface area contributed by atoms with Crippen LogP contribution >= 0.6 is 0 Å². The highest BCUT2D eigenvalue weighted by molar-refractivity contribution is 5.81. The molecule has 0 saturated carbocycles. The summed E-state index contributed by atoms with van der Waals surface area (Å²) in [5.41, 5.74) is 3.67. The molecule has 0 saturated heterocycles. The van der Waals surface area contributed by atoms with E-state index in [2.05, 4.69) is 15.5 Å². The predicted molar refractivity (Wildman–Crippen MR) is 90.6 cm³/mol. The lowest BCUT2D eigenvalue weighted by Gasteiger charge is -2.11. The molecule has 0 aliphatic carbocycles. The van der Waals surface area contributed by atoms with Crippen LogP contribution in [-0.2, 0) is 0 Å². The van der Waals surface area contributed by atoms with Gasteiger partial charge >= 0.3 is 0 Å². The number of ether oxygens (including phenoxy) is 2. The minimum absolute atomic E-state index is 0.169. The van der Waals surface area contributed by atoms with E-state index in [1.165, 1.54) is 0 Å². The van der Waals surface area contributed by atoms with E-state index in [1.807, 2.05) is 38.1 Å². The summed E-state index contributed by atoms with van der Waals surface area (Å²) in [5, 5.41) is 13.0. The quantitative estimate of drug-likeness (QED) is 0.589. The highest BCUT2D eigenvalue weighted by Crippen LogP contribution is 2.28. The van der Waals surface area contributed by atoms with Gasteiger partial charge in [-0.2, -0.15) is 10.4 Å². The van der Waals surface area contributed by atoms with Crippen LogP contribution in [-0.4, -0.2) is 24.4 Å². The Morgan fingerprint density at radius 2 is 2.17 bits per heavy atom. The summed E-state index contributed by atoms with van der Waals surface area (Å²) in [4.78, 5) is 3.93. The highest BCUT2D eigenvalue weighted by atomic mass is 16.5. The van der Waals surface area contributed by atoms with E-state index in [9.17, 15) is 0 Å². The molecule has 24 heavy (non-hydrogen) atoms. The van der Waals surface area contributed by atoms with Crippen LogP contribution in [0.3, 0.4) is 0 Å². The Hall–Kier alpha value is -3.01. The maximum absolute atomic E-state index is 8.95. The number of hydrazone groups is 1. The Morgan fingerprint density at radius 1 is 1.33 bits per heavy atom. The van der Waals surface area contributed by atoms with Gasteiger partial charge < -0.3 is 13.9 Å². The van der Waals surface area contributed by atoms with E-state index in [-0.39, 0.29) is 11.6 Å². The highest BCUT2D eigenvalue weighted by Gasteiger charge is 2.09. The summed E-state index contributed by atoms with van der Waals surface area (Å²) >= 11 is 0. The van der Waals surface area contributed by atoms with Gasteiger partial charge in [0.05, 0.1) is 19.4 Å². The number of rotatable bonds is 8. The molecule has 1 aromatic heterocycles. The molecule has 0 bridgehead atoms. The zero-order valence-corrected chi connectivity index (χ0v) is 14.0. The van der Waals surface area contributed by atoms with Gasteiger partial charge in [0.25, 0.3) is 5.88 Å². The van der Waals surface area contributed by atoms with Crippen LogP contribution in [0.5, 0.6) is 11.5 Å². The average molecular weight is 328 g/mol. The molecule has 1 aromatic carbocycles. The number of hydrogen-bond donors (Lipinski definition) is 1. The Labute approximate surface area is 140 Å². The van der Waals surface area contributed by atoms with Crippen LogP contribution < -0.4 is 14.9 Å². The molecule has 0 fully saturated rings. The SMILES string of the molecule is CCCOc1ccc(C=NNc2oc(C)nc2C#N)cc1OCC. The van der Waals surface area contributed by atoms with Gasteiger partial charge in [0.2, 0.25) is 5.69 Å². The third-order valence-electron chi connectivity index (χ3n) is 2.95. The van der Waals surface area contributed by atoms with E-state index in [0.717, 1.165) is 12.0 Å². The number of nitrogens with zero attached hydrogens (tertiary/aromatic N) is 3. The van der Waals surface area contributed by atoms with E-state index in [0.29, 0.717) is 30.6 Å². The van der Waals surface area contributed by atoms with Crippen molar-refractivity contribution < 1.29 is 13.9 Å². The summed E-state index contributed by atoms with van der Waals surface area (Å²) in [6.07, 6.45) is 2.53. The molecule has 126 valence electrons. The Balaban J connectivity index is 2.11. The van der Waals surface area contributed by atoms with Crippen molar-refractivity contribution in [2.75, 3.05) is 18.6 Å². The van der Waals surface area contributed by atoms with Gasteiger partial charge in [-0.3, -0.25) is 0 Å². The zero-order valence-electron chi connectivity index (χ0n) is 14.0. The van der Waals surface area contributed by atoms with E-state index in [4.69, 9.17) is 19.2 Å². The standard InChI is InChI=1S/C17H20N4O3/c1-4-8-23-15-7-6-13(9-16(15)22-5-2)11-19-21-17-14(10-18)20-12(3)24-17/h6-7,9,11,21H,4-5,8H2,1-3H3. The van der Waals surface area contributed by atoms with Crippen molar-refractivity contribution in [3.8, 4) is 17.6 Å². The fourth-order valence-corrected chi connectivity index (χ4v) is 1.95. The normalized spacial score (nSPS) is 10.6. The summed E-state index contributed by atoms with van der Waals surface area (Å²) in [5.74, 6) is 2.00. The fraction of sp³-hybridized carbons (Fsp3) is 0.353. The van der Waals surface area contributed by atoms with E-state index in [1.54, 1.807) is 13.1 Å². The van der Waals surface area contributed by atoms with Crippen LogP contribution in [0.1, 0.15) is 37.4 Å². The van der Waals surface area contributed by atoms with E-state index >= 15 is 0 Å². The van der Waals surface area contributed by atoms with Gasteiger partial charge in [-0.1, -0.05) is 6.92 Å². The number of aromatic nitrogens is 1. The molecule has 2 rings (SSSR count). The summed E-state index contributed by atoms with van der Waals surface area (Å²) < 4.78 is 16.5. The molecule has 0 unspecified atom stereocenters. The Morgan fingerprint density at radius 3 is 2.88 bits per heavy atom. The summed E-state index contributed by atoms with van der Waals surface area (Å²) in [6.45, 7) is 6.81. The average Bonchev–Trinajstić information content (AvgIpc) is 2.94. The molecule has 0 aliphatic heterocycles. The number of benzene rings is 1. The molecule has 0 aliphatic rings. The van der Waals surface area contributed by atoms with E-state index < -0.39 is 0 Å². The molecule has 0 atom stereocenters. The molecular weight excluding hydrogens is 308 g/mol. The van der Waals surface area contributed by atoms with Crippen molar-refractivity contribution >= 4 is 12.1 Å². The molecule has 0 spiro atoms. The van der Waals surface area contributed by atoms with Gasteiger partial charge in [-0.25, -0.2) is 10.4 Å². The van der Waals surface area contributed by atoms with Gasteiger partial charge in [-0.15, -0.1) is 0 Å². The second-order valence-electron chi connectivity index (χ2n) is 4.88. The predicted octanol–water partition coefficient (Wildman–Crippen LogP) is 3.49. The smallest absolute Gasteiger partial charge is 0.252 e. The first-order valence-electron chi connectivity index (χ1n) is 7.74. The van der Waals surface area contributed by atoms with Gasteiger partial charge in [0.15, 0.2) is 17.4 Å². The number of aryl methyl sites for hydroxylation is 1. The topological polar surface area (TPSA) is 92.7 Å². The third-order valence-corrected chi connectivity index (χ3v) is 2.95. The Bertz CT molecular complexity index is 747.